The number of hydrogen-bond donors (Lipinski definition) is 1. The van der Waals surface area contributed by atoms with E-state index in [2.05, 4.69) is 6.92 Å². The Kier molecular flexibility index (Phi) is 7.03. The average molecular weight is 214 g/mol. The SMILES string of the molecule is CCCCCCCCCCCC1OC1O. The lowest BCUT2D eigenvalue weighted by molar-refractivity contribution is 0.156. The summed E-state index contributed by atoms with van der Waals surface area (Å²) in [5.74, 6) is 0. The van der Waals surface area contributed by atoms with Gasteiger partial charge < -0.3 is 9.84 Å². The number of hydrogen-bond acceptors (Lipinski definition) is 2. The number of aliphatic hydroxyl groups is 1. The van der Waals surface area contributed by atoms with Crippen LogP contribution in [0, 0.1) is 0 Å². The highest BCUT2D eigenvalue weighted by Gasteiger charge is 2.35. The van der Waals surface area contributed by atoms with E-state index in [-0.39, 0.29) is 6.10 Å². The molecule has 1 fully saturated rings. The molecule has 1 aliphatic rings. The molecule has 2 unspecified atom stereocenters. The largest absolute Gasteiger partial charge is 0.366 e. The molecular weight excluding hydrogens is 188 g/mol. The van der Waals surface area contributed by atoms with Gasteiger partial charge in [0, 0.05) is 0 Å². The second-order valence-corrected chi connectivity index (χ2v) is 4.68. The smallest absolute Gasteiger partial charge is 0.181 e. The minimum Gasteiger partial charge on any atom is -0.366 e. The number of aliphatic hydroxyl groups excluding tert-OH is 1. The highest BCUT2D eigenvalue weighted by Crippen LogP contribution is 2.24. The molecule has 0 aromatic rings. The molecule has 2 heteroatoms. The first-order valence-electron chi connectivity index (χ1n) is 6.68. The van der Waals surface area contributed by atoms with Crippen LogP contribution in [0.15, 0.2) is 0 Å². The molecule has 1 aliphatic heterocycles. The maximum absolute atomic E-state index is 8.93. The number of epoxide rings is 1. The van der Waals surface area contributed by atoms with Gasteiger partial charge in [-0.3, -0.25) is 0 Å². The molecule has 0 spiro atoms. The summed E-state index contributed by atoms with van der Waals surface area (Å²) in [6.07, 6.45) is 13.0. The third kappa shape index (κ3) is 6.91. The van der Waals surface area contributed by atoms with Crippen LogP contribution in [-0.2, 0) is 4.74 Å². The van der Waals surface area contributed by atoms with Gasteiger partial charge in [0.2, 0.25) is 0 Å². The Morgan fingerprint density at radius 3 is 1.80 bits per heavy atom. The molecule has 0 aromatic carbocycles. The Bertz CT molecular complexity index is 147. The molecule has 1 heterocycles. The van der Waals surface area contributed by atoms with Crippen LogP contribution in [0.5, 0.6) is 0 Å². The van der Waals surface area contributed by atoms with E-state index < -0.39 is 6.29 Å². The third-order valence-electron chi connectivity index (χ3n) is 3.15. The summed E-state index contributed by atoms with van der Waals surface area (Å²) in [6, 6.07) is 0. The first-order valence-corrected chi connectivity index (χ1v) is 6.68. The Labute approximate surface area is 94.0 Å². The van der Waals surface area contributed by atoms with Crippen molar-refractivity contribution < 1.29 is 9.84 Å². The molecule has 15 heavy (non-hydrogen) atoms. The van der Waals surface area contributed by atoms with E-state index in [0.29, 0.717) is 0 Å². The van der Waals surface area contributed by atoms with Crippen molar-refractivity contribution in [3.63, 3.8) is 0 Å². The summed E-state index contributed by atoms with van der Waals surface area (Å²) >= 11 is 0. The lowest BCUT2D eigenvalue weighted by atomic mass is 10.1. The van der Waals surface area contributed by atoms with E-state index in [1.807, 2.05) is 0 Å². The molecule has 90 valence electrons. The van der Waals surface area contributed by atoms with Gasteiger partial charge in [0.05, 0.1) is 0 Å². The fourth-order valence-corrected chi connectivity index (χ4v) is 2.00. The van der Waals surface area contributed by atoms with Crippen LogP contribution >= 0.6 is 0 Å². The maximum atomic E-state index is 8.93. The zero-order chi connectivity index (χ0) is 10.9. The zero-order valence-corrected chi connectivity index (χ0v) is 10.1. The van der Waals surface area contributed by atoms with Crippen molar-refractivity contribution in [3.05, 3.63) is 0 Å². The Balaban J connectivity index is 1.66. The van der Waals surface area contributed by atoms with E-state index in [1.165, 1.54) is 57.8 Å². The van der Waals surface area contributed by atoms with Crippen molar-refractivity contribution in [1.82, 2.24) is 0 Å². The Morgan fingerprint density at radius 1 is 0.867 bits per heavy atom. The van der Waals surface area contributed by atoms with Crippen molar-refractivity contribution >= 4 is 0 Å². The predicted octanol–water partition coefficient (Wildman–Crippen LogP) is 3.62. The summed E-state index contributed by atoms with van der Waals surface area (Å²) in [5.41, 5.74) is 0. The number of ether oxygens (including phenoxy) is 1. The van der Waals surface area contributed by atoms with Crippen molar-refractivity contribution in [2.24, 2.45) is 0 Å². The van der Waals surface area contributed by atoms with Gasteiger partial charge >= 0.3 is 0 Å². The van der Waals surface area contributed by atoms with E-state index >= 15 is 0 Å². The van der Waals surface area contributed by atoms with Crippen LogP contribution in [0.2, 0.25) is 0 Å². The number of rotatable bonds is 10. The molecule has 0 aromatic heterocycles. The van der Waals surface area contributed by atoms with Crippen molar-refractivity contribution in [1.29, 1.82) is 0 Å². The van der Waals surface area contributed by atoms with Crippen LogP contribution in [0.1, 0.15) is 71.1 Å². The number of unbranched alkanes of at least 4 members (excludes halogenated alkanes) is 8. The van der Waals surface area contributed by atoms with E-state index in [0.717, 1.165) is 6.42 Å². The van der Waals surface area contributed by atoms with Crippen molar-refractivity contribution in [2.45, 2.75) is 83.5 Å². The molecular formula is C13H26O2. The van der Waals surface area contributed by atoms with Gasteiger partial charge in [-0.05, 0) is 6.42 Å². The molecule has 0 aliphatic carbocycles. The van der Waals surface area contributed by atoms with Gasteiger partial charge in [-0.15, -0.1) is 0 Å². The molecule has 0 radical (unpaired) electrons. The second-order valence-electron chi connectivity index (χ2n) is 4.68. The summed E-state index contributed by atoms with van der Waals surface area (Å²) in [7, 11) is 0. The quantitative estimate of drug-likeness (QED) is 0.445. The Morgan fingerprint density at radius 2 is 1.33 bits per heavy atom. The molecule has 2 atom stereocenters. The summed E-state index contributed by atoms with van der Waals surface area (Å²) < 4.78 is 4.94. The average Bonchev–Trinajstić information content (AvgIpc) is 2.92. The van der Waals surface area contributed by atoms with Crippen LogP contribution < -0.4 is 0 Å². The fraction of sp³-hybridized carbons (Fsp3) is 1.00. The monoisotopic (exact) mass is 214 g/mol. The van der Waals surface area contributed by atoms with Gasteiger partial charge in [0.1, 0.15) is 6.10 Å². The van der Waals surface area contributed by atoms with Crippen LogP contribution in [0.3, 0.4) is 0 Å². The molecule has 0 amide bonds. The molecule has 1 N–H and O–H groups in total. The lowest BCUT2D eigenvalue weighted by Crippen LogP contribution is -1.91. The van der Waals surface area contributed by atoms with Crippen LogP contribution in [0.25, 0.3) is 0 Å². The van der Waals surface area contributed by atoms with Gasteiger partial charge in [-0.25, -0.2) is 0 Å². The predicted molar refractivity (Wildman–Crippen MR) is 62.7 cm³/mol. The first-order chi connectivity index (χ1) is 7.34. The van der Waals surface area contributed by atoms with Crippen molar-refractivity contribution in [2.75, 3.05) is 0 Å². The standard InChI is InChI=1S/C13H26O2/c1-2-3-4-5-6-7-8-9-10-11-12-13(14)15-12/h12-14H,2-11H2,1H3. The molecule has 1 saturated heterocycles. The Hall–Kier alpha value is -0.0800. The van der Waals surface area contributed by atoms with Crippen molar-refractivity contribution in [3.8, 4) is 0 Å². The van der Waals surface area contributed by atoms with Gasteiger partial charge in [0.25, 0.3) is 0 Å². The molecule has 1 rings (SSSR count). The first kappa shape index (κ1) is 13.0. The van der Waals surface area contributed by atoms with Gasteiger partial charge in [0.15, 0.2) is 6.29 Å². The molecule has 0 bridgehead atoms. The third-order valence-corrected chi connectivity index (χ3v) is 3.15. The topological polar surface area (TPSA) is 32.8 Å². The summed E-state index contributed by atoms with van der Waals surface area (Å²) in [4.78, 5) is 0. The molecule has 2 nitrogen and oxygen atoms in total. The highest BCUT2D eigenvalue weighted by atomic mass is 16.7. The highest BCUT2D eigenvalue weighted by molar-refractivity contribution is 4.74. The normalized spacial score (nSPS) is 24.4. The zero-order valence-electron chi connectivity index (χ0n) is 10.1. The molecule has 0 saturated carbocycles. The minimum absolute atomic E-state index is 0.176. The lowest BCUT2D eigenvalue weighted by Gasteiger charge is -2.00. The summed E-state index contributed by atoms with van der Waals surface area (Å²) in [5, 5.41) is 8.93. The summed E-state index contributed by atoms with van der Waals surface area (Å²) in [6.45, 7) is 2.26. The maximum Gasteiger partial charge on any atom is 0.181 e. The van der Waals surface area contributed by atoms with E-state index in [4.69, 9.17) is 9.84 Å². The minimum atomic E-state index is -0.431. The van der Waals surface area contributed by atoms with Gasteiger partial charge in [-0.2, -0.15) is 0 Å². The van der Waals surface area contributed by atoms with Crippen LogP contribution in [0.4, 0.5) is 0 Å². The van der Waals surface area contributed by atoms with E-state index in [9.17, 15) is 0 Å². The van der Waals surface area contributed by atoms with Crippen LogP contribution in [-0.4, -0.2) is 17.5 Å². The fourth-order valence-electron chi connectivity index (χ4n) is 2.00. The van der Waals surface area contributed by atoms with Gasteiger partial charge in [-0.1, -0.05) is 64.7 Å². The van der Waals surface area contributed by atoms with E-state index in [1.54, 1.807) is 0 Å². The second kappa shape index (κ2) is 8.12.